The Bertz CT molecular complexity index is 917. The summed E-state index contributed by atoms with van der Waals surface area (Å²) < 4.78 is 0. The molecule has 122 valence electrons. The zero-order chi connectivity index (χ0) is 17.1. The molecule has 0 saturated carbocycles. The van der Waals surface area contributed by atoms with E-state index in [0.29, 0.717) is 11.2 Å². The van der Waals surface area contributed by atoms with Crippen molar-refractivity contribution < 1.29 is 0 Å². The Balaban J connectivity index is 1.95. The van der Waals surface area contributed by atoms with Gasteiger partial charge in [-0.25, -0.2) is 4.99 Å². The molecule has 8 heteroatoms. The summed E-state index contributed by atoms with van der Waals surface area (Å²) in [4.78, 5) is 9.40. The number of nitrogens with zero attached hydrogens (tertiary/aromatic N) is 5. The van der Waals surface area contributed by atoms with E-state index in [0.717, 1.165) is 17.6 Å². The van der Waals surface area contributed by atoms with E-state index in [9.17, 15) is 0 Å². The third-order valence-electron chi connectivity index (χ3n) is 3.43. The second kappa shape index (κ2) is 6.37. The molecule has 0 aliphatic rings. The number of nitrogens with two attached hydrogens (primary N) is 3. The standard InChI is InChI=1S/C16H18N8/c1-2-10-3-6-12(7-4-10)24-22-13-8-5-11(9-14(13)23-24)20-16(19)21-15(17)18/h3-9H,2H2,1H3,(H6,17,18,19,20,21). The molecular weight excluding hydrogens is 304 g/mol. The number of aromatic nitrogens is 3. The topological polar surface area (TPSA) is 133 Å². The van der Waals surface area contributed by atoms with Gasteiger partial charge < -0.3 is 17.2 Å². The number of hydrogen-bond donors (Lipinski definition) is 3. The minimum Gasteiger partial charge on any atom is -0.370 e. The van der Waals surface area contributed by atoms with Crippen molar-refractivity contribution in [2.75, 3.05) is 0 Å². The van der Waals surface area contributed by atoms with E-state index in [1.807, 2.05) is 18.2 Å². The van der Waals surface area contributed by atoms with Gasteiger partial charge in [0.2, 0.25) is 5.96 Å². The first-order chi connectivity index (χ1) is 11.5. The van der Waals surface area contributed by atoms with Crippen molar-refractivity contribution in [3.05, 3.63) is 48.0 Å². The Morgan fingerprint density at radius 3 is 2.38 bits per heavy atom. The maximum Gasteiger partial charge on any atom is 0.223 e. The lowest BCUT2D eigenvalue weighted by atomic mass is 10.2. The van der Waals surface area contributed by atoms with Gasteiger partial charge in [-0.3, -0.25) is 0 Å². The lowest BCUT2D eigenvalue weighted by molar-refractivity contribution is 0.765. The molecule has 24 heavy (non-hydrogen) atoms. The van der Waals surface area contributed by atoms with Crippen molar-refractivity contribution in [2.24, 2.45) is 27.2 Å². The van der Waals surface area contributed by atoms with Crippen LogP contribution in [0.5, 0.6) is 0 Å². The lowest BCUT2D eigenvalue weighted by Gasteiger charge is -2.00. The fourth-order valence-corrected chi connectivity index (χ4v) is 2.24. The largest absolute Gasteiger partial charge is 0.370 e. The first kappa shape index (κ1) is 15.5. The number of guanidine groups is 2. The summed E-state index contributed by atoms with van der Waals surface area (Å²) in [6.07, 6.45) is 0.993. The number of hydrogen-bond acceptors (Lipinski definition) is 3. The Kier molecular flexibility index (Phi) is 4.11. The minimum absolute atomic E-state index is 0.0168. The molecule has 0 aliphatic carbocycles. The number of rotatable bonds is 3. The zero-order valence-electron chi connectivity index (χ0n) is 13.2. The molecule has 1 heterocycles. The van der Waals surface area contributed by atoms with Crippen molar-refractivity contribution in [3.63, 3.8) is 0 Å². The maximum atomic E-state index is 5.64. The number of aliphatic imine (C=N–C) groups is 2. The van der Waals surface area contributed by atoms with Crippen LogP contribution in [0.15, 0.2) is 52.4 Å². The molecule has 0 aliphatic heterocycles. The molecule has 0 atom stereocenters. The van der Waals surface area contributed by atoms with E-state index >= 15 is 0 Å². The smallest absolute Gasteiger partial charge is 0.223 e. The highest BCUT2D eigenvalue weighted by molar-refractivity contribution is 5.94. The van der Waals surface area contributed by atoms with Gasteiger partial charge in [-0.05, 0) is 42.3 Å². The Morgan fingerprint density at radius 1 is 1.00 bits per heavy atom. The number of benzene rings is 2. The van der Waals surface area contributed by atoms with Gasteiger partial charge >= 0.3 is 0 Å². The summed E-state index contributed by atoms with van der Waals surface area (Å²) in [7, 11) is 0. The molecule has 0 amide bonds. The Morgan fingerprint density at radius 2 is 1.71 bits per heavy atom. The molecule has 0 spiro atoms. The highest BCUT2D eigenvalue weighted by atomic mass is 15.5. The second-order valence-corrected chi connectivity index (χ2v) is 5.19. The Hall–Kier alpha value is -3.42. The molecule has 0 radical (unpaired) electrons. The molecule has 0 bridgehead atoms. The Labute approximate surface area is 138 Å². The van der Waals surface area contributed by atoms with E-state index in [4.69, 9.17) is 17.2 Å². The van der Waals surface area contributed by atoms with Crippen molar-refractivity contribution in [1.29, 1.82) is 0 Å². The van der Waals surface area contributed by atoms with Crippen molar-refractivity contribution >= 4 is 28.6 Å². The van der Waals surface area contributed by atoms with Gasteiger partial charge in [0.15, 0.2) is 5.96 Å². The van der Waals surface area contributed by atoms with Gasteiger partial charge in [0.05, 0.1) is 11.4 Å². The molecule has 2 aromatic carbocycles. The third-order valence-corrected chi connectivity index (χ3v) is 3.43. The average molecular weight is 322 g/mol. The van der Waals surface area contributed by atoms with Crippen molar-refractivity contribution in [3.8, 4) is 5.69 Å². The van der Waals surface area contributed by atoms with Crippen LogP contribution >= 0.6 is 0 Å². The van der Waals surface area contributed by atoms with E-state index in [2.05, 4.69) is 39.2 Å². The van der Waals surface area contributed by atoms with Crippen LogP contribution in [0.3, 0.4) is 0 Å². The summed E-state index contributed by atoms with van der Waals surface area (Å²) in [5, 5.41) is 8.94. The van der Waals surface area contributed by atoms with Crippen LogP contribution < -0.4 is 17.2 Å². The summed E-state index contributed by atoms with van der Waals surface area (Å²) in [6.45, 7) is 2.12. The average Bonchev–Trinajstić information content (AvgIpc) is 2.97. The normalized spacial score (nSPS) is 11.6. The monoisotopic (exact) mass is 322 g/mol. The third kappa shape index (κ3) is 3.32. The van der Waals surface area contributed by atoms with Gasteiger partial charge in [-0.2, -0.15) is 9.79 Å². The van der Waals surface area contributed by atoms with Crippen molar-refractivity contribution in [2.45, 2.75) is 13.3 Å². The molecule has 1 aromatic heterocycles. The minimum atomic E-state index is -0.140. The molecule has 3 aromatic rings. The fourth-order valence-electron chi connectivity index (χ4n) is 2.24. The first-order valence-electron chi connectivity index (χ1n) is 7.45. The van der Waals surface area contributed by atoms with Crippen LogP contribution in [0.1, 0.15) is 12.5 Å². The summed E-state index contributed by atoms with van der Waals surface area (Å²) in [6, 6.07) is 13.5. The molecule has 8 nitrogen and oxygen atoms in total. The number of fused-ring (bicyclic) bond motifs is 1. The predicted octanol–water partition coefficient (Wildman–Crippen LogP) is 1.20. The second-order valence-electron chi connectivity index (χ2n) is 5.19. The summed E-state index contributed by atoms with van der Waals surface area (Å²) >= 11 is 0. The van der Waals surface area contributed by atoms with Gasteiger partial charge in [-0.1, -0.05) is 19.1 Å². The predicted molar refractivity (Wildman–Crippen MR) is 95.3 cm³/mol. The number of aryl methyl sites for hydroxylation is 1. The molecule has 6 N–H and O–H groups in total. The van der Waals surface area contributed by atoms with Crippen LogP contribution in [0.4, 0.5) is 5.69 Å². The first-order valence-corrected chi connectivity index (χ1v) is 7.45. The SMILES string of the molecule is CCc1ccc(-n2nc3ccc(N=C(N)N=C(N)N)cc3n2)cc1. The van der Waals surface area contributed by atoms with Gasteiger partial charge in [0.25, 0.3) is 0 Å². The molecule has 0 fully saturated rings. The quantitative estimate of drug-likeness (QED) is 0.492. The molecule has 0 saturated heterocycles. The van der Waals surface area contributed by atoms with E-state index in [1.165, 1.54) is 5.56 Å². The fraction of sp³-hybridized carbons (Fsp3) is 0.125. The van der Waals surface area contributed by atoms with Gasteiger partial charge in [-0.15, -0.1) is 10.2 Å². The molecule has 3 rings (SSSR count). The van der Waals surface area contributed by atoms with E-state index in [-0.39, 0.29) is 11.9 Å². The van der Waals surface area contributed by atoms with Crippen molar-refractivity contribution in [1.82, 2.24) is 15.0 Å². The zero-order valence-corrected chi connectivity index (χ0v) is 13.2. The van der Waals surface area contributed by atoms with Gasteiger partial charge in [0.1, 0.15) is 11.0 Å². The van der Waals surface area contributed by atoms with E-state index < -0.39 is 0 Å². The van der Waals surface area contributed by atoms with Crippen LogP contribution in [-0.2, 0) is 6.42 Å². The van der Waals surface area contributed by atoms with Crippen LogP contribution in [0, 0.1) is 0 Å². The molecule has 0 unspecified atom stereocenters. The highest BCUT2D eigenvalue weighted by Gasteiger charge is 2.06. The van der Waals surface area contributed by atoms with Crippen LogP contribution in [0.25, 0.3) is 16.7 Å². The maximum absolute atomic E-state index is 5.64. The lowest BCUT2D eigenvalue weighted by Crippen LogP contribution is -2.26. The summed E-state index contributed by atoms with van der Waals surface area (Å²) in [5.41, 5.74) is 20.4. The van der Waals surface area contributed by atoms with Gasteiger partial charge in [0, 0.05) is 0 Å². The molecular formula is C16H18N8. The van der Waals surface area contributed by atoms with Crippen LogP contribution in [-0.4, -0.2) is 26.9 Å². The highest BCUT2D eigenvalue weighted by Crippen LogP contribution is 2.20. The summed E-state index contributed by atoms with van der Waals surface area (Å²) in [5.74, 6) is -0.157. The van der Waals surface area contributed by atoms with Crippen LogP contribution in [0.2, 0.25) is 0 Å². The van der Waals surface area contributed by atoms with E-state index in [1.54, 1.807) is 16.9 Å².